The fraction of sp³-hybridized carbons (Fsp3) is 1.00. The fourth-order valence-corrected chi connectivity index (χ4v) is 0.447. The van der Waals surface area contributed by atoms with E-state index in [0.29, 0.717) is 0 Å². The summed E-state index contributed by atoms with van der Waals surface area (Å²) >= 11 is 0. The first-order valence-electron chi connectivity index (χ1n) is 1.68. The van der Waals surface area contributed by atoms with Crippen molar-refractivity contribution in [2.24, 2.45) is 0 Å². The van der Waals surface area contributed by atoms with Gasteiger partial charge >= 0.3 is 29.3 Å². The predicted molar refractivity (Wildman–Crippen MR) is 24.3 cm³/mol. The Bertz CT molecular complexity index is 132. The van der Waals surface area contributed by atoms with Crippen molar-refractivity contribution in [3.63, 3.8) is 0 Å². The molecular weight excluding hydrogens is 127 g/mol. The summed E-state index contributed by atoms with van der Waals surface area (Å²) in [6.07, 6.45) is 0. The predicted octanol–water partition coefficient (Wildman–Crippen LogP) is -3.06. The summed E-state index contributed by atoms with van der Waals surface area (Å²) in [4.78, 5) is 0. The normalized spacial score (nSPS) is 10.2. The SMILES string of the molecule is CCOS(=O)(=O)O.[H-].[Li+]. The van der Waals surface area contributed by atoms with Crippen molar-refractivity contribution in [3.05, 3.63) is 0 Å². The van der Waals surface area contributed by atoms with Crippen molar-refractivity contribution in [1.82, 2.24) is 0 Å². The Kier molecular flexibility index (Phi) is 6.15. The van der Waals surface area contributed by atoms with Gasteiger partial charge in [0, 0.05) is 0 Å². The van der Waals surface area contributed by atoms with Crippen LogP contribution in [0, 0.1) is 0 Å². The summed E-state index contributed by atoms with van der Waals surface area (Å²) in [5, 5.41) is 0. The molecule has 0 aliphatic carbocycles. The standard InChI is InChI=1S/C2H6O4S.Li.H/c1-2-6-7(3,4)5;;/h2H2,1H3,(H,3,4,5);;/q;+1;-1. The maximum atomic E-state index is 9.56. The molecule has 0 spiro atoms. The Labute approximate surface area is 61.8 Å². The number of hydrogen-bond donors (Lipinski definition) is 1. The van der Waals surface area contributed by atoms with Gasteiger partial charge in [0.25, 0.3) is 0 Å². The van der Waals surface area contributed by atoms with Gasteiger partial charge < -0.3 is 1.43 Å². The minimum Gasteiger partial charge on any atom is -1.00 e. The second-order valence-electron chi connectivity index (χ2n) is 0.834. The van der Waals surface area contributed by atoms with Gasteiger partial charge in [0.05, 0.1) is 6.61 Å². The molecule has 0 aliphatic heterocycles. The molecule has 0 saturated heterocycles. The van der Waals surface area contributed by atoms with Crippen LogP contribution in [0.3, 0.4) is 0 Å². The van der Waals surface area contributed by atoms with Crippen LogP contribution >= 0.6 is 0 Å². The molecule has 0 heterocycles. The third-order valence-electron chi connectivity index (χ3n) is 0.267. The van der Waals surface area contributed by atoms with Gasteiger partial charge in [-0.2, -0.15) is 8.42 Å². The molecule has 8 heavy (non-hydrogen) atoms. The van der Waals surface area contributed by atoms with Gasteiger partial charge in [-0.3, -0.25) is 4.55 Å². The summed E-state index contributed by atoms with van der Waals surface area (Å²) in [5.41, 5.74) is 0. The zero-order valence-electron chi connectivity index (χ0n) is 5.79. The minimum atomic E-state index is -4.17. The van der Waals surface area contributed by atoms with Crippen molar-refractivity contribution < 1.29 is 37.4 Å². The van der Waals surface area contributed by atoms with Gasteiger partial charge in [-0.15, -0.1) is 0 Å². The molecule has 0 fully saturated rings. The molecule has 0 aromatic rings. The van der Waals surface area contributed by atoms with E-state index >= 15 is 0 Å². The molecule has 46 valence electrons. The van der Waals surface area contributed by atoms with Crippen LogP contribution in [0.15, 0.2) is 0 Å². The zero-order chi connectivity index (χ0) is 5.91. The van der Waals surface area contributed by atoms with Crippen molar-refractivity contribution in [1.29, 1.82) is 0 Å². The van der Waals surface area contributed by atoms with Crippen LogP contribution in [0.1, 0.15) is 8.35 Å². The van der Waals surface area contributed by atoms with Crippen LogP contribution in [0.4, 0.5) is 0 Å². The van der Waals surface area contributed by atoms with Crippen LogP contribution in [-0.4, -0.2) is 19.6 Å². The summed E-state index contributed by atoms with van der Waals surface area (Å²) in [6.45, 7) is 1.44. The Morgan fingerprint density at radius 3 is 2.12 bits per heavy atom. The van der Waals surface area contributed by atoms with E-state index in [0.717, 1.165) is 0 Å². The van der Waals surface area contributed by atoms with E-state index < -0.39 is 10.4 Å². The molecule has 0 aromatic heterocycles. The topological polar surface area (TPSA) is 63.6 Å². The van der Waals surface area contributed by atoms with Crippen LogP contribution < -0.4 is 18.9 Å². The van der Waals surface area contributed by atoms with E-state index in [-0.39, 0.29) is 26.9 Å². The molecule has 0 bridgehead atoms. The second-order valence-corrected chi connectivity index (χ2v) is 1.93. The summed E-state index contributed by atoms with van der Waals surface area (Å²) in [7, 11) is -4.17. The molecular formula is C2H7LiO4S. The first-order chi connectivity index (χ1) is 3.06. The summed E-state index contributed by atoms with van der Waals surface area (Å²) in [6, 6.07) is 0. The Hall–Kier alpha value is 0.467. The van der Waals surface area contributed by atoms with Gasteiger partial charge in [-0.1, -0.05) is 0 Å². The van der Waals surface area contributed by atoms with Gasteiger partial charge in [0.1, 0.15) is 0 Å². The van der Waals surface area contributed by atoms with E-state index in [1.54, 1.807) is 0 Å². The molecule has 0 saturated carbocycles. The molecule has 0 aromatic carbocycles. The molecule has 4 nitrogen and oxygen atoms in total. The Morgan fingerprint density at radius 1 is 1.75 bits per heavy atom. The van der Waals surface area contributed by atoms with Crippen molar-refractivity contribution in [2.45, 2.75) is 6.92 Å². The molecule has 0 atom stereocenters. The average Bonchev–Trinajstić information content (AvgIpc) is 1.30. The fourth-order valence-electron chi connectivity index (χ4n) is 0.149. The molecule has 0 aliphatic rings. The van der Waals surface area contributed by atoms with E-state index in [1.165, 1.54) is 6.92 Å². The van der Waals surface area contributed by atoms with Crippen LogP contribution in [0.5, 0.6) is 0 Å². The van der Waals surface area contributed by atoms with Crippen LogP contribution in [0.2, 0.25) is 0 Å². The first-order valence-corrected chi connectivity index (χ1v) is 3.04. The molecule has 0 amide bonds. The summed E-state index contributed by atoms with van der Waals surface area (Å²) < 4.78 is 30.7. The molecule has 0 radical (unpaired) electrons. The molecule has 0 rings (SSSR count). The van der Waals surface area contributed by atoms with Crippen molar-refractivity contribution in [3.8, 4) is 0 Å². The van der Waals surface area contributed by atoms with Gasteiger partial charge in [-0.25, -0.2) is 4.18 Å². The quantitative estimate of drug-likeness (QED) is 0.322. The van der Waals surface area contributed by atoms with Crippen LogP contribution in [-0.2, 0) is 14.6 Å². The Balaban J connectivity index is -0.000000180. The smallest absolute Gasteiger partial charge is 1.00 e. The van der Waals surface area contributed by atoms with E-state index in [4.69, 9.17) is 4.55 Å². The summed E-state index contributed by atoms with van der Waals surface area (Å²) in [5.74, 6) is 0. The van der Waals surface area contributed by atoms with Crippen LogP contribution in [0.25, 0.3) is 0 Å². The maximum absolute atomic E-state index is 9.56. The number of rotatable bonds is 2. The largest absolute Gasteiger partial charge is 1.00 e. The number of hydrogen-bond acceptors (Lipinski definition) is 3. The molecule has 6 heteroatoms. The minimum absolute atomic E-state index is 0. The zero-order valence-corrected chi connectivity index (χ0v) is 5.60. The third kappa shape index (κ3) is 9.69. The van der Waals surface area contributed by atoms with E-state index in [9.17, 15) is 8.42 Å². The molecule has 1 N–H and O–H groups in total. The van der Waals surface area contributed by atoms with E-state index in [1.807, 2.05) is 0 Å². The van der Waals surface area contributed by atoms with Crippen molar-refractivity contribution in [2.75, 3.05) is 6.61 Å². The second kappa shape index (κ2) is 4.36. The monoisotopic (exact) mass is 134 g/mol. The van der Waals surface area contributed by atoms with Crippen molar-refractivity contribution >= 4 is 10.4 Å². The maximum Gasteiger partial charge on any atom is 1.00 e. The molecule has 0 unspecified atom stereocenters. The van der Waals surface area contributed by atoms with Gasteiger partial charge in [0.15, 0.2) is 0 Å². The average molecular weight is 134 g/mol. The first kappa shape index (κ1) is 11.3. The van der Waals surface area contributed by atoms with Gasteiger partial charge in [0.2, 0.25) is 0 Å². The van der Waals surface area contributed by atoms with E-state index in [2.05, 4.69) is 4.18 Å². The van der Waals surface area contributed by atoms with Gasteiger partial charge in [-0.05, 0) is 6.92 Å². The third-order valence-corrected chi connectivity index (χ3v) is 0.800. The Morgan fingerprint density at radius 2 is 2.12 bits per heavy atom.